The number of hydrogen-bond acceptors (Lipinski definition) is 0. The molecule has 0 fully saturated rings. The molecule has 0 radical (unpaired) electrons. The van der Waals surface area contributed by atoms with Crippen LogP contribution in [0.25, 0.3) is 0 Å². The van der Waals surface area contributed by atoms with Gasteiger partial charge >= 0.3 is 0 Å². The number of allylic oxidation sites excluding steroid dienone is 4. The van der Waals surface area contributed by atoms with Gasteiger partial charge in [0.2, 0.25) is 0 Å². The Hall–Kier alpha value is 0.340. The van der Waals surface area contributed by atoms with Gasteiger partial charge in [-0.1, -0.05) is 89.0 Å². The molecule has 0 saturated carbocycles. The summed E-state index contributed by atoms with van der Waals surface area (Å²) in [7, 11) is 0.264. The van der Waals surface area contributed by atoms with Gasteiger partial charge in [0, 0.05) is 0 Å². The first-order chi connectivity index (χ1) is 9.73. The van der Waals surface area contributed by atoms with Crippen molar-refractivity contribution in [3.63, 3.8) is 0 Å². The third kappa shape index (κ3) is 5.80. The van der Waals surface area contributed by atoms with Crippen LogP contribution in [-0.4, -0.2) is 35.0 Å². The highest BCUT2D eigenvalue weighted by Gasteiger charge is 2.23. The predicted molar refractivity (Wildman–Crippen MR) is 105 cm³/mol. The summed E-state index contributed by atoms with van der Waals surface area (Å²) < 4.78 is 0. The molecule has 2 heteroatoms. The molecular weight excluding hydrogens is 290 g/mol. The van der Waals surface area contributed by atoms with Crippen molar-refractivity contribution in [2.75, 3.05) is 12.3 Å². The van der Waals surface area contributed by atoms with E-state index in [-0.39, 0.29) is 15.8 Å². The average Bonchev–Trinajstić information content (AvgIpc) is 2.78. The van der Waals surface area contributed by atoms with Crippen LogP contribution in [0.4, 0.5) is 0 Å². The Kier molecular flexibility index (Phi) is 8.16. The van der Waals surface area contributed by atoms with E-state index in [4.69, 9.17) is 0 Å². The standard InChI is InChI=1S/C19H36P2/c1-14(2)20(15(3)4)12-18-10-9-11-19(18)13-21(16(5)6)17(7)8/h9-10,14-17H,11-13H2,1-8H3. The Balaban J connectivity index is 2.84. The van der Waals surface area contributed by atoms with Gasteiger partial charge in [-0.3, -0.25) is 0 Å². The minimum Gasteiger partial charge on any atom is -0.0973 e. The molecule has 122 valence electrons. The van der Waals surface area contributed by atoms with Crippen LogP contribution in [0.1, 0.15) is 61.8 Å². The van der Waals surface area contributed by atoms with E-state index >= 15 is 0 Å². The van der Waals surface area contributed by atoms with Gasteiger partial charge in [-0.2, -0.15) is 0 Å². The van der Waals surface area contributed by atoms with E-state index in [9.17, 15) is 0 Å². The maximum Gasteiger partial charge on any atom is -0.00688 e. The lowest BCUT2D eigenvalue weighted by atomic mass is 10.2. The highest BCUT2D eigenvalue weighted by atomic mass is 31.1. The van der Waals surface area contributed by atoms with Crippen molar-refractivity contribution in [1.29, 1.82) is 0 Å². The van der Waals surface area contributed by atoms with Crippen molar-refractivity contribution in [1.82, 2.24) is 0 Å². The van der Waals surface area contributed by atoms with E-state index in [0.717, 1.165) is 22.6 Å². The van der Waals surface area contributed by atoms with Crippen molar-refractivity contribution in [3.8, 4) is 0 Å². The van der Waals surface area contributed by atoms with Gasteiger partial charge in [0.25, 0.3) is 0 Å². The maximum atomic E-state index is 2.45. The molecule has 0 bridgehead atoms. The predicted octanol–water partition coefficient (Wildman–Crippen LogP) is 6.84. The highest BCUT2D eigenvalue weighted by Crippen LogP contribution is 2.52. The van der Waals surface area contributed by atoms with Crippen LogP contribution in [0, 0.1) is 0 Å². The van der Waals surface area contributed by atoms with Gasteiger partial charge in [-0.25, -0.2) is 0 Å². The SMILES string of the molecule is CC(C)P(CC1=C(CP(C(C)C)C(C)C)CC=C1)C(C)C. The number of rotatable bonds is 8. The third-order valence-electron chi connectivity index (χ3n) is 4.52. The van der Waals surface area contributed by atoms with E-state index in [1.165, 1.54) is 18.7 Å². The molecule has 0 aliphatic heterocycles. The zero-order valence-electron chi connectivity index (χ0n) is 15.5. The molecule has 0 spiro atoms. The molecule has 0 aromatic carbocycles. The molecule has 21 heavy (non-hydrogen) atoms. The van der Waals surface area contributed by atoms with Crippen LogP contribution in [0.2, 0.25) is 0 Å². The largest absolute Gasteiger partial charge is 0.0973 e. The second kappa shape index (κ2) is 8.84. The smallest absolute Gasteiger partial charge is 0.00688 e. The molecule has 1 rings (SSSR count). The van der Waals surface area contributed by atoms with E-state index in [1.807, 2.05) is 0 Å². The second-order valence-electron chi connectivity index (χ2n) is 7.45. The normalized spacial score (nSPS) is 16.1. The summed E-state index contributed by atoms with van der Waals surface area (Å²) in [5, 5.41) is 0. The fourth-order valence-corrected chi connectivity index (χ4v) is 8.60. The average molecular weight is 326 g/mol. The Labute approximate surface area is 136 Å². The van der Waals surface area contributed by atoms with Gasteiger partial charge in [-0.15, -0.1) is 0 Å². The van der Waals surface area contributed by atoms with Crippen LogP contribution in [0.5, 0.6) is 0 Å². The van der Waals surface area contributed by atoms with Crippen LogP contribution >= 0.6 is 15.8 Å². The summed E-state index contributed by atoms with van der Waals surface area (Å²) in [4.78, 5) is 0. The second-order valence-corrected chi connectivity index (χ2v) is 14.3. The first-order valence-corrected chi connectivity index (χ1v) is 12.0. The lowest BCUT2D eigenvalue weighted by molar-refractivity contribution is 0.994. The monoisotopic (exact) mass is 326 g/mol. The van der Waals surface area contributed by atoms with Gasteiger partial charge in [0.05, 0.1) is 0 Å². The highest BCUT2D eigenvalue weighted by molar-refractivity contribution is 7.59. The third-order valence-corrected chi connectivity index (χ3v) is 11.3. The molecular formula is C19H36P2. The Bertz CT molecular complexity index is 359. The Morgan fingerprint density at radius 1 is 0.762 bits per heavy atom. The van der Waals surface area contributed by atoms with E-state index < -0.39 is 0 Å². The summed E-state index contributed by atoms with van der Waals surface area (Å²) >= 11 is 0. The summed E-state index contributed by atoms with van der Waals surface area (Å²) in [5.74, 6) is 0. The molecule has 1 aliphatic carbocycles. The van der Waals surface area contributed by atoms with Crippen LogP contribution in [0.15, 0.2) is 23.3 Å². The zero-order valence-corrected chi connectivity index (χ0v) is 17.3. The molecule has 0 aromatic heterocycles. The number of hydrogen-bond donors (Lipinski definition) is 0. The quantitative estimate of drug-likeness (QED) is 0.428. The molecule has 0 atom stereocenters. The van der Waals surface area contributed by atoms with E-state index in [1.54, 1.807) is 11.1 Å². The molecule has 1 aliphatic rings. The van der Waals surface area contributed by atoms with E-state index in [2.05, 4.69) is 67.5 Å². The van der Waals surface area contributed by atoms with Gasteiger partial charge in [-0.05, 0) is 47.0 Å². The van der Waals surface area contributed by atoms with Gasteiger partial charge in [0.1, 0.15) is 0 Å². The summed E-state index contributed by atoms with van der Waals surface area (Å²) in [6, 6.07) is 0. The summed E-state index contributed by atoms with van der Waals surface area (Å²) in [5.41, 5.74) is 6.88. The first-order valence-electron chi connectivity index (χ1n) is 8.62. The molecule has 0 saturated heterocycles. The van der Waals surface area contributed by atoms with Crippen LogP contribution in [0.3, 0.4) is 0 Å². The minimum atomic E-state index is 0.126. The fourth-order valence-electron chi connectivity index (χ4n) is 3.26. The van der Waals surface area contributed by atoms with Crippen molar-refractivity contribution in [2.45, 2.75) is 84.4 Å². The Morgan fingerprint density at radius 3 is 1.62 bits per heavy atom. The van der Waals surface area contributed by atoms with E-state index in [0.29, 0.717) is 0 Å². The molecule has 0 N–H and O–H groups in total. The summed E-state index contributed by atoms with van der Waals surface area (Å²) in [6.45, 7) is 19.3. The maximum absolute atomic E-state index is 2.45. The molecule has 0 unspecified atom stereocenters. The van der Waals surface area contributed by atoms with Crippen LogP contribution < -0.4 is 0 Å². The minimum absolute atomic E-state index is 0.126. The van der Waals surface area contributed by atoms with Gasteiger partial charge in [0.15, 0.2) is 0 Å². The first kappa shape index (κ1) is 19.4. The molecule has 0 heterocycles. The van der Waals surface area contributed by atoms with Crippen molar-refractivity contribution < 1.29 is 0 Å². The molecule has 0 amide bonds. The van der Waals surface area contributed by atoms with Gasteiger partial charge < -0.3 is 0 Å². The Morgan fingerprint density at radius 2 is 1.19 bits per heavy atom. The lowest BCUT2D eigenvalue weighted by Crippen LogP contribution is -2.11. The van der Waals surface area contributed by atoms with Crippen LogP contribution in [-0.2, 0) is 0 Å². The molecule has 0 nitrogen and oxygen atoms in total. The fraction of sp³-hybridized carbons (Fsp3) is 0.789. The summed E-state index contributed by atoms with van der Waals surface area (Å²) in [6.07, 6.45) is 8.83. The zero-order chi connectivity index (χ0) is 16.2. The van der Waals surface area contributed by atoms with Crippen molar-refractivity contribution >= 4 is 15.8 Å². The van der Waals surface area contributed by atoms with Crippen molar-refractivity contribution in [3.05, 3.63) is 23.3 Å². The lowest BCUT2D eigenvalue weighted by Gasteiger charge is -2.29. The van der Waals surface area contributed by atoms with Crippen molar-refractivity contribution in [2.24, 2.45) is 0 Å². The topological polar surface area (TPSA) is 0 Å². The molecule has 0 aromatic rings.